The Morgan fingerprint density at radius 2 is 1.71 bits per heavy atom. The third-order valence-electron chi connectivity index (χ3n) is 5.11. The molecule has 0 saturated heterocycles. The normalized spacial score (nSPS) is 11.3. The Balaban J connectivity index is 1.51. The van der Waals surface area contributed by atoms with Crippen LogP contribution in [0.25, 0.3) is 5.69 Å². The number of amides is 2. The molecule has 0 fully saturated rings. The standard InChI is InChI=1S/C25H18Cl2F3N5O2S/c26-17-7-4-8-18(12-17)35-21(13-31-23(37)15-5-2-1-3-6-15)33-34-24(35)38-14-22(36)32-20-11-16(25(28,29)30)9-10-19(20)27/h1-12H,13-14H2,(H,31,37)(H,32,36). The molecule has 3 aromatic carbocycles. The second-order valence-corrected chi connectivity index (χ2v) is 9.58. The van der Waals surface area contributed by atoms with Crippen LogP contribution in [-0.4, -0.2) is 32.3 Å². The number of nitrogens with zero attached hydrogens (tertiary/aromatic N) is 3. The Morgan fingerprint density at radius 1 is 0.947 bits per heavy atom. The lowest BCUT2D eigenvalue weighted by Gasteiger charge is -2.13. The number of alkyl halides is 3. The molecular formula is C25H18Cl2F3N5O2S. The monoisotopic (exact) mass is 579 g/mol. The van der Waals surface area contributed by atoms with Crippen molar-refractivity contribution in [2.24, 2.45) is 0 Å². The first-order valence-electron chi connectivity index (χ1n) is 10.9. The average Bonchev–Trinajstić information content (AvgIpc) is 3.30. The fourth-order valence-corrected chi connectivity index (χ4v) is 4.47. The van der Waals surface area contributed by atoms with Crippen molar-refractivity contribution < 1.29 is 22.8 Å². The van der Waals surface area contributed by atoms with Gasteiger partial charge in [0, 0.05) is 10.6 Å². The lowest BCUT2D eigenvalue weighted by molar-refractivity contribution is -0.137. The molecule has 0 saturated carbocycles. The molecule has 0 atom stereocenters. The highest BCUT2D eigenvalue weighted by Crippen LogP contribution is 2.34. The van der Waals surface area contributed by atoms with Gasteiger partial charge in [0.2, 0.25) is 5.91 Å². The summed E-state index contributed by atoms with van der Waals surface area (Å²) >= 11 is 13.1. The van der Waals surface area contributed by atoms with E-state index >= 15 is 0 Å². The zero-order valence-electron chi connectivity index (χ0n) is 19.3. The maximum Gasteiger partial charge on any atom is 0.416 e. The lowest BCUT2D eigenvalue weighted by atomic mass is 10.2. The van der Waals surface area contributed by atoms with Crippen LogP contribution in [0.3, 0.4) is 0 Å². The molecule has 0 spiro atoms. The van der Waals surface area contributed by atoms with Gasteiger partial charge in [0.05, 0.1) is 34.3 Å². The van der Waals surface area contributed by atoms with E-state index in [-0.39, 0.29) is 28.9 Å². The second-order valence-electron chi connectivity index (χ2n) is 7.79. The van der Waals surface area contributed by atoms with Gasteiger partial charge in [0.25, 0.3) is 5.91 Å². The molecule has 1 aromatic heterocycles. The van der Waals surface area contributed by atoms with E-state index in [2.05, 4.69) is 20.8 Å². The smallest absolute Gasteiger partial charge is 0.345 e. The van der Waals surface area contributed by atoms with Crippen molar-refractivity contribution in [3.63, 3.8) is 0 Å². The van der Waals surface area contributed by atoms with Crippen molar-refractivity contribution in [2.45, 2.75) is 17.9 Å². The predicted octanol–water partition coefficient (Wildman–Crippen LogP) is 6.25. The van der Waals surface area contributed by atoms with Crippen molar-refractivity contribution >= 4 is 52.5 Å². The van der Waals surface area contributed by atoms with Gasteiger partial charge in [-0.25, -0.2) is 0 Å². The Bertz CT molecular complexity index is 1470. The van der Waals surface area contributed by atoms with E-state index in [4.69, 9.17) is 23.2 Å². The molecule has 0 aliphatic rings. The Kier molecular flexibility index (Phi) is 8.60. The molecule has 0 bridgehead atoms. The Labute approximate surface area is 229 Å². The third kappa shape index (κ3) is 6.85. The zero-order chi connectivity index (χ0) is 27.3. The quantitative estimate of drug-likeness (QED) is 0.241. The van der Waals surface area contributed by atoms with Gasteiger partial charge in [-0.2, -0.15) is 13.2 Å². The highest BCUT2D eigenvalue weighted by Gasteiger charge is 2.31. The van der Waals surface area contributed by atoms with Gasteiger partial charge in [-0.15, -0.1) is 10.2 Å². The van der Waals surface area contributed by atoms with Crippen molar-refractivity contribution in [1.29, 1.82) is 0 Å². The average molecular weight is 580 g/mol. The number of anilines is 1. The Hall–Kier alpha value is -3.54. The molecule has 4 rings (SSSR count). The first-order valence-corrected chi connectivity index (χ1v) is 12.7. The van der Waals surface area contributed by atoms with Crippen LogP contribution in [0.2, 0.25) is 10.0 Å². The minimum absolute atomic E-state index is 0.0276. The molecular weight excluding hydrogens is 562 g/mol. The van der Waals surface area contributed by atoms with E-state index in [1.165, 1.54) is 0 Å². The highest BCUT2D eigenvalue weighted by molar-refractivity contribution is 7.99. The van der Waals surface area contributed by atoms with Crippen LogP contribution < -0.4 is 10.6 Å². The largest absolute Gasteiger partial charge is 0.416 e. The summed E-state index contributed by atoms with van der Waals surface area (Å²) in [5.41, 5.74) is -0.0309. The second kappa shape index (κ2) is 11.9. The summed E-state index contributed by atoms with van der Waals surface area (Å²) in [6.45, 7) is 0.0276. The van der Waals surface area contributed by atoms with E-state index in [1.54, 1.807) is 59.2 Å². The number of aromatic nitrogens is 3. The van der Waals surface area contributed by atoms with Gasteiger partial charge in [0.15, 0.2) is 11.0 Å². The van der Waals surface area contributed by atoms with Crippen LogP contribution in [0.4, 0.5) is 18.9 Å². The number of carbonyl (C=O) groups is 2. The summed E-state index contributed by atoms with van der Waals surface area (Å²) in [4.78, 5) is 25.1. The first kappa shape index (κ1) is 27.5. The van der Waals surface area contributed by atoms with Crippen LogP contribution in [-0.2, 0) is 17.5 Å². The van der Waals surface area contributed by atoms with E-state index in [1.807, 2.05) is 0 Å². The topological polar surface area (TPSA) is 88.9 Å². The lowest BCUT2D eigenvalue weighted by Crippen LogP contribution is -2.24. The van der Waals surface area contributed by atoms with E-state index in [0.717, 1.165) is 30.0 Å². The fraction of sp³-hybridized carbons (Fsp3) is 0.120. The van der Waals surface area contributed by atoms with Gasteiger partial charge in [-0.1, -0.05) is 59.2 Å². The van der Waals surface area contributed by atoms with Crippen molar-refractivity contribution in [2.75, 3.05) is 11.1 Å². The van der Waals surface area contributed by atoms with Crippen LogP contribution in [0.15, 0.2) is 78.0 Å². The molecule has 196 valence electrons. The number of nitrogens with one attached hydrogen (secondary N) is 2. The summed E-state index contributed by atoms with van der Waals surface area (Å²) in [5.74, 6) is -0.740. The molecule has 0 unspecified atom stereocenters. The van der Waals surface area contributed by atoms with Gasteiger partial charge in [-0.3, -0.25) is 14.2 Å². The van der Waals surface area contributed by atoms with Gasteiger partial charge >= 0.3 is 6.18 Å². The van der Waals surface area contributed by atoms with Crippen LogP contribution in [0.1, 0.15) is 21.7 Å². The van der Waals surface area contributed by atoms with E-state index in [0.29, 0.717) is 27.3 Å². The number of carbonyl (C=O) groups excluding carboxylic acids is 2. The van der Waals surface area contributed by atoms with Gasteiger partial charge in [0.1, 0.15) is 0 Å². The minimum Gasteiger partial charge on any atom is -0.345 e. The first-order chi connectivity index (χ1) is 18.1. The van der Waals surface area contributed by atoms with E-state index < -0.39 is 17.6 Å². The minimum atomic E-state index is -4.58. The van der Waals surface area contributed by atoms with Crippen molar-refractivity contribution in [3.8, 4) is 5.69 Å². The molecule has 38 heavy (non-hydrogen) atoms. The highest BCUT2D eigenvalue weighted by atomic mass is 35.5. The number of rotatable bonds is 8. The zero-order valence-corrected chi connectivity index (χ0v) is 21.6. The molecule has 7 nitrogen and oxygen atoms in total. The van der Waals surface area contributed by atoms with Crippen molar-refractivity contribution in [1.82, 2.24) is 20.1 Å². The molecule has 4 aromatic rings. The summed E-state index contributed by atoms with van der Waals surface area (Å²) in [6, 6.07) is 18.1. The number of hydrogen-bond acceptors (Lipinski definition) is 5. The molecule has 2 N–H and O–H groups in total. The maximum atomic E-state index is 13.0. The Morgan fingerprint density at radius 3 is 2.42 bits per heavy atom. The summed E-state index contributed by atoms with van der Waals surface area (Å²) in [7, 11) is 0. The maximum absolute atomic E-state index is 13.0. The fourth-order valence-electron chi connectivity index (χ4n) is 3.35. The van der Waals surface area contributed by atoms with Crippen LogP contribution in [0, 0.1) is 0 Å². The number of thioether (sulfide) groups is 1. The van der Waals surface area contributed by atoms with E-state index in [9.17, 15) is 22.8 Å². The predicted molar refractivity (Wildman–Crippen MR) is 140 cm³/mol. The molecule has 13 heteroatoms. The number of hydrogen-bond donors (Lipinski definition) is 2. The van der Waals surface area contributed by atoms with Gasteiger partial charge in [-0.05, 0) is 48.5 Å². The summed E-state index contributed by atoms with van der Waals surface area (Å²) in [5, 5.41) is 14.2. The summed E-state index contributed by atoms with van der Waals surface area (Å²) in [6.07, 6.45) is -4.58. The number of halogens is 5. The summed E-state index contributed by atoms with van der Waals surface area (Å²) < 4.78 is 40.7. The molecule has 1 heterocycles. The molecule has 0 radical (unpaired) electrons. The SMILES string of the molecule is O=C(CSc1nnc(CNC(=O)c2ccccc2)n1-c1cccc(Cl)c1)Nc1cc(C(F)(F)F)ccc1Cl. The third-order valence-corrected chi connectivity index (χ3v) is 6.60. The number of benzene rings is 3. The molecule has 0 aliphatic carbocycles. The van der Waals surface area contributed by atoms with Gasteiger partial charge < -0.3 is 10.6 Å². The molecule has 0 aliphatic heterocycles. The van der Waals surface area contributed by atoms with Crippen LogP contribution in [0.5, 0.6) is 0 Å². The molecule has 2 amide bonds. The van der Waals surface area contributed by atoms with Crippen molar-refractivity contribution in [3.05, 3.63) is 99.8 Å². The van der Waals surface area contributed by atoms with Crippen LogP contribution >= 0.6 is 35.0 Å².